The van der Waals surface area contributed by atoms with E-state index in [2.05, 4.69) is 30.9 Å². The Kier molecular flexibility index (Phi) is 6.90. The van der Waals surface area contributed by atoms with Gasteiger partial charge in [0.15, 0.2) is 0 Å². The van der Waals surface area contributed by atoms with Crippen LogP contribution in [0.1, 0.15) is 32.3 Å². The second-order valence-electron chi connectivity index (χ2n) is 4.48. The average Bonchev–Trinajstić information content (AvgIpc) is 3.18. The molecule has 0 amide bonds. The van der Waals surface area contributed by atoms with Crippen LogP contribution < -0.4 is 5.73 Å². The normalized spacial score (nSPS) is 14.4. The molecule has 1 fully saturated rings. The minimum Gasteiger partial charge on any atom is -0.330 e. The van der Waals surface area contributed by atoms with Gasteiger partial charge in [0.05, 0.1) is 0 Å². The maximum atomic E-state index is 5.36. The molecule has 17 heavy (non-hydrogen) atoms. The summed E-state index contributed by atoms with van der Waals surface area (Å²) in [7, 11) is 0. The van der Waals surface area contributed by atoms with Gasteiger partial charge in [-0.05, 0) is 44.5 Å². The third-order valence-electron chi connectivity index (χ3n) is 3.15. The largest absolute Gasteiger partial charge is 0.330 e. The molecule has 1 aliphatic carbocycles. The smallest absolute Gasteiger partial charge is 0.00961 e. The van der Waals surface area contributed by atoms with Crippen molar-refractivity contribution in [1.29, 1.82) is 0 Å². The third-order valence-corrected chi connectivity index (χ3v) is 3.15. The molecule has 1 aromatic carbocycles. The molecule has 96 valence electrons. The van der Waals surface area contributed by atoms with Crippen molar-refractivity contribution in [3.05, 3.63) is 35.9 Å². The van der Waals surface area contributed by atoms with Gasteiger partial charge in [0, 0.05) is 6.04 Å². The predicted octanol–water partition coefficient (Wildman–Crippen LogP) is 2.68. The van der Waals surface area contributed by atoms with E-state index in [4.69, 9.17) is 5.73 Å². The molecule has 1 saturated carbocycles. The quantitative estimate of drug-likeness (QED) is 0.848. The number of benzene rings is 1. The van der Waals surface area contributed by atoms with Crippen LogP contribution >= 0.6 is 0 Å². The van der Waals surface area contributed by atoms with Gasteiger partial charge < -0.3 is 10.6 Å². The van der Waals surface area contributed by atoms with Gasteiger partial charge in [-0.1, -0.05) is 44.2 Å². The van der Waals surface area contributed by atoms with E-state index in [1.54, 1.807) is 0 Å². The summed E-state index contributed by atoms with van der Waals surface area (Å²) in [4.78, 5) is 2.53. The fourth-order valence-corrected chi connectivity index (χ4v) is 1.99. The molecule has 1 aliphatic rings. The van der Waals surface area contributed by atoms with Crippen LogP contribution in [0.25, 0.3) is 0 Å². The van der Waals surface area contributed by atoms with Crippen molar-refractivity contribution in [1.82, 2.24) is 4.90 Å². The first kappa shape index (κ1) is 14.2. The number of hydrogen-bond donors (Lipinski definition) is 1. The molecule has 0 saturated heterocycles. The molecule has 2 N–H and O–H groups in total. The Labute approximate surface area is 106 Å². The molecular formula is C15H26N2. The molecule has 2 nitrogen and oxygen atoms in total. The van der Waals surface area contributed by atoms with Crippen LogP contribution in [0.5, 0.6) is 0 Å². The van der Waals surface area contributed by atoms with E-state index in [1.807, 2.05) is 18.2 Å². The van der Waals surface area contributed by atoms with Crippen LogP contribution in [0.4, 0.5) is 0 Å². The van der Waals surface area contributed by atoms with E-state index in [9.17, 15) is 0 Å². The number of nitrogens with zero attached hydrogens (tertiary/aromatic N) is 1. The first-order chi connectivity index (χ1) is 8.31. The second-order valence-corrected chi connectivity index (χ2v) is 4.48. The molecule has 1 aromatic rings. The zero-order chi connectivity index (χ0) is 12.5. The maximum absolute atomic E-state index is 5.36. The Hall–Kier alpha value is -0.860. The van der Waals surface area contributed by atoms with Gasteiger partial charge in [0.25, 0.3) is 0 Å². The lowest BCUT2D eigenvalue weighted by molar-refractivity contribution is 0.293. The second kappa shape index (κ2) is 8.26. The molecule has 0 atom stereocenters. The first-order valence-electron chi connectivity index (χ1n) is 6.79. The molecular weight excluding hydrogens is 208 g/mol. The van der Waals surface area contributed by atoms with Gasteiger partial charge in [-0.15, -0.1) is 0 Å². The molecule has 0 unspecified atom stereocenters. The lowest BCUT2D eigenvalue weighted by Gasteiger charge is -2.15. The molecule has 2 heteroatoms. The minimum absolute atomic E-state index is 0.740. The lowest BCUT2D eigenvalue weighted by Crippen LogP contribution is -2.24. The van der Waals surface area contributed by atoms with Crippen molar-refractivity contribution in [3.63, 3.8) is 0 Å². The van der Waals surface area contributed by atoms with Crippen molar-refractivity contribution < 1.29 is 0 Å². The van der Waals surface area contributed by atoms with Crippen LogP contribution in [0.15, 0.2) is 30.3 Å². The van der Waals surface area contributed by atoms with Crippen molar-refractivity contribution >= 4 is 0 Å². The van der Waals surface area contributed by atoms with Crippen molar-refractivity contribution in [2.45, 2.75) is 39.2 Å². The zero-order valence-electron chi connectivity index (χ0n) is 11.2. The summed E-state index contributed by atoms with van der Waals surface area (Å²) in [5.74, 6) is 0. The zero-order valence-corrected chi connectivity index (χ0v) is 11.2. The van der Waals surface area contributed by atoms with Crippen LogP contribution in [0.3, 0.4) is 0 Å². The Morgan fingerprint density at radius 2 is 1.71 bits per heavy atom. The molecule has 0 aromatic heterocycles. The lowest BCUT2D eigenvalue weighted by atomic mass is 10.2. The van der Waals surface area contributed by atoms with Crippen LogP contribution in [-0.2, 0) is 6.42 Å². The topological polar surface area (TPSA) is 29.3 Å². The fraction of sp³-hybridized carbons (Fsp3) is 0.600. The Morgan fingerprint density at radius 1 is 1.12 bits per heavy atom. The number of rotatable bonds is 5. The summed E-state index contributed by atoms with van der Waals surface area (Å²) >= 11 is 0. The summed E-state index contributed by atoms with van der Waals surface area (Å²) in [5, 5.41) is 0. The van der Waals surface area contributed by atoms with E-state index in [0.29, 0.717) is 0 Å². The van der Waals surface area contributed by atoms with Crippen molar-refractivity contribution in [3.8, 4) is 0 Å². The average molecular weight is 234 g/mol. The summed E-state index contributed by atoms with van der Waals surface area (Å²) < 4.78 is 0. The van der Waals surface area contributed by atoms with E-state index in [0.717, 1.165) is 19.0 Å². The SMILES string of the molecule is CCN(CC)C1CC1.NCCc1ccccc1. The molecule has 2 rings (SSSR count). The van der Waals surface area contributed by atoms with Gasteiger partial charge in [0.1, 0.15) is 0 Å². The van der Waals surface area contributed by atoms with Gasteiger partial charge in [-0.25, -0.2) is 0 Å². The fourth-order valence-electron chi connectivity index (χ4n) is 1.99. The van der Waals surface area contributed by atoms with E-state index in [-0.39, 0.29) is 0 Å². The number of hydrogen-bond acceptors (Lipinski definition) is 2. The standard InChI is InChI=1S/C8H11N.C7H15N/c9-7-6-8-4-2-1-3-5-8;1-3-8(4-2)7-5-6-7/h1-5H,6-7,9H2;7H,3-6H2,1-2H3. The van der Waals surface area contributed by atoms with Gasteiger partial charge in [-0.3, -0.25) is 0 Å². The summed E-state index contributed by atoms with van der Waals surface area (Å²) in [6.45, 7) is 7.69. The maximum Gasteiger partial charge on any atom is 0.00961 e. The highest BCUT2D eigenvalue weighted by atomic mass is 15.2. The van der Waals surface area contributed by atoms with Gasteiger partial charge in [-0.2, -0.15) is 0 Å². The third kappa shape index (κ3) is 5.85. The van der Waals surface area contributed by atoms with E-state index < -0.39 is 0 Å². The highest BCUT2D eigenvalue weighted by molar-refractivity contribution is 5.14. The van der Waals surface area contributed by atoms with Gasteiger partial charge >= 0.3 is 0 Å². The monoisotopic (exact) mass is 234 g/mol. The molecule has 0 radical (unpaired) electrons. The highest BCUT2D eigenvalue weighted by Gasteiger charge is 2.25. The summed E-state index contributed by atoms with van der Waals surface area (Å²) in [5.41, 5.74) is 6.68. The highest BCUT2D eigenvalue weighted by Crippen LogP contribution is 2.25. The molecule has 0 aliphatic heterocycles. The molecule has 0 bridgehead atoms. The minimum atomic E-state index is 0.740. The van der Waals surface area contributed by atoms with Crippen LogP contribution in [-0.4, -0.2) is 30.6 Å². The summed E-state index contributed by atoms with van der Waals surface area (Å²) in [6, 6.07) is 11.2. The first-order valence-corrected chi connectivity index (χ1v) is 6.79. The number of nitrogens with two attached hydrogens (primary N) is 1. The van der Waals surface area contributed by atoms with E-state index >= 15 is 0 Å². The van der Waals surface area contributed by atoms with Crippen molar-refractivity contribution in [2.24, 2.45) is 5.73 Å². The Bertz CT molecular complexity index is 276. The predicted molar refractivity (Wildman–Crippen MR) is 75.1 cm³/mol. The molecule has 0 spiro atoms. The van der Waals surface area contributed by atoms with Crippen LogP contribution in [0, 0.1) is 0 Å². The van der Waals surface area contributed by atoms with Gasteiger partial charge in [0.2, 0.25) is 0 Å². The molecule has 0 heterocycles. The van der Waals surface area contributed by atoms with Crippen LogP contribution in [0.2, 0.25) is 0 Å². The Balaban J connectivity index is 0.000000171. The Morgan fingerprint density at radius 3 is 2.06 bits per heavy atom. The summed E-state index contributed by atoms with van der Waals surface area (Å²) in [6.07, 6.45) is 3.88. The van der Waals surface area contributed by atoms with Crippen molar-refractivity contribution in [2.75, 3.05) is 19.6 Å². The van der Waals surface area contributed by atoms with E-state index in [1.165, 1.54) is 31.5 Å².